The van der Waals surface area contributed by atoms with E-state index in [4.69, 9.17) is 9.47 Å². The van der Waals surface area contributed by atoms with Gasteiger partial charge in [0.1, 0.15) is 6.10 Å². The normalized spacial score (nSPS) is 31.1. The van der Waals surface area contributed by atoms with Crippen molar-refractivity contribution in [3.05, 3.63) is 30.6 Å². The molecule has 1 aromatic heterocycles. The number of benzene rings is 1. The Hall–Kier alpha value is -1.72. The molecule has 0 N–H and O–H groups in total. The smallest absolute Gasteiger partial charge is 0.218 e. The minimum absolute atomic E-state index is 0.0105. The van der Waals surface area contributed by atoms with Crippen molar-refractivity contribution in [3.63, 3.8) is 0 Å². The molecule has 2 aromatic rings. The number of Topliss-reactive ketones (excluding diaryl/α,β-unsaturated/α-hetero) is 1. The summed E-state index contributed by atoms with van der Waals surface area (Å²) in [6.45, 7) is 0.480. The number of aromatic nitrogens is 2. The van der Waals surface area contributed by atoms with Crippen LogP contribution in [0.1, 0.15) is 12.5 Å². The fraction of sp³-hybridized carbons (Fsp3) is 0.385. The molecule has 0 saturated carbocycles. The van der Waals surface area contributed by atoms with Gasteiger partial charge in [-0.1, -0.05) is 12.1 Å². The molecule has 2 aliphatic rings. The topological polar surface area (TPSA) is 53.4 Å². The van der Waals surface area contributed by atoms with Gasteiger partial charge in [0.2, 0.25) is 6.29 Å². The number of carbonyl (C=O) groups excluding carboxylic acids is 1. The number of hydrogen-bond acceptors (Lipinski definition) is 4. The summed E-state index contributed by atoms with van der Waals surface area (Å²) in [5, 5.41) is 0. The van der Waals surface area contributed by atoms with Crippen molar-refractivity contribution in [3.8, 4) is 0 Å². The van der Waals surface area contributed by atoms with Gasteiger partial charge in [0, 0.05) is 6.42 Å². The van der Waals surface area contributed by atoms with Crippen LogP contribution in [0.25, 0.3) is 11.0 Å². The van der Waals surface area contributed by atoms with E-state index in [0.717, 1.165) is 11.0 Å². The van der Waals surface area contributed by atoms with E-state index in [1.54, 1.807) is 6.33 Å². The zero-order valence-corrected chi connectivity index (χ0v) is 9.65. The van der Waals surface area contributed by atoms with Crippen molar-refractivity contribution >= 4 is 16.8 Å². The predicted molar refractivity (Wildman–Crippen MR) is 63.0 cm³/mol. The number of rotatable bonds is 1. The molecule has 0 spiro atoms. The van der Waals surface area contributed by atoms with Crippen LogP contribution in [0.15, 0.2) is 30.6 Å². The summed E-state index contributed by atoms with van der Waals surface area (Å²) < 4.78 is 12.9. The third kappa shape index (κ3) is 1.34. The van der Waals surface area contributed by atoms with Crippen LogP contribution in [0, 0.1) is 0 Å². The lowest BCUT2D eigenvalue weighted by Crippen LogP contribution is -2.36. The maximum atomic E-state index is 11.8. The summed E-state index contributed by atoms with van der Waals surface area (Å²) in [6, 6.07) is 7.89. The number of carbonyl (C=O) groups is 1. The predicted octanol–water partition coefficient (Wildman–Crippen LogP) is 1.29. The first kappa shape index (κ1) is 10.2. The molecule has 5 heteroatoms. The highest BCUT2D eigenvalue weighted by Gasteiger charge is 2.44. The van der Waals surface area contributed by atoms with Crippen molar-refractivity contribution in [2.45, 2.75) is 24.9 Å². The van der Waals surface area contributed by atoms with E-state index in [-0.39, 0.29) is 17.9 Å². The second kappa shape index (κ2) is 3.63. The molecule has 0 radical (unpaired) electrons. The van der Waals surface area contributed by atoms with E-state index in [9.17, 15) is 4.79 Å². The van der Waals surface area contributed by atoms with Gasteiger partial charge in [-0.05, 0) is 12.1 Å². The third-order valence-corrected chi connectivity index (χ3v) is 3.65. The fourth-order valence-electron chi connectivity index (χ4n) is 2.74. The third-order valence-electron chi connectivity index (χ3n) is 3.65. The van der Waals surface area contributed by atoms with Gasteiger partial charge in [0.15, 0.2) is 5.78 Å². The monoisotopic (exact) mass is 244 g/mol. The zero-order valence-electron chi connectivity index (χ0n) is 9.65. The molecule has 4 rings (SSSR count). The Bertz CT molecular complexity index is 621. The lowest BCUT2D eigenvalue weighted by Gasteiger charge is -2.27. The van der Waals surface area contributed by atoms with E-state index in [0.29, 0.717) is 13.0 Å². The Morgan fingerprint density at radius 3 is 3.17 bits per heavy atom. The van der Waals surface area contributed by atoms with Crippen molar-refractivity contribution < 1.29 is 14.3 Å². The Morgan fingerprint density at radius 1 is 1.33 bits per heavy atom. The molecule has 0 unspecified atom stereocenters. The van der Waals surface area contributed by atoms with Crippen molar-refractivity contribution in [1.82, 2.24) is 9.55 Å². The number of nitrogens with zero attached hydrogens (tertiary/aromatic N) is 2. The van der Waals surface area contributed by atoms with Crippen LogP contribution in [0.5, 0.6) is 0 Å². The van der Waals surface area contributed by atoms with Gasteiger partial charge in [-0.15, -0.1) is 0 Å². The average molecular weight is 244 g/mol. The standard InChI is InChI=1S/C13H12N2O3/c16-11-5-10(12-6-17-13(11)18-12)15-7-14-8-3-1-2-4-9(8)15/h1-4,7,10,12-13H,5-6H2/t10-,12-,13+/m0/s1. The van der Waals surface area contributed by atoms with Gasteiger partial charge < -0.3 is 14.0 Å². The molecule has 3 heterocycles. The van der Waals surface area contributed by atoms with Gasteiger partial charge in [0.25, 0.3) is 0 Å². The van der Waals surface area contributed by atoms with Crippen molar-refractivity contribution in [2.75, 3.05) is 6.61 Å². The molecule has 3 atom stereocenters. The average Bonchev–Trinajstić information content (AvgIpc) is 3.00. The SMILES string of the molecule is O=C1C[C@H](n2cnc3ccccc32)[C@@H]2CO[C@@H]1O2. The van der Waals surface area contributed by atoms with E-state index in [2.05, 4.69) is 4.98 Å². The van der Waals surface area contributed by atoms with Crippen LogP contribution in [0.2, 0.25) is 0 Å². The highest BCUT2D eigenvalue weighted by atomic mass is 16.7. The van der Waals surface area contributed by atoms with Crippen LogP contribution >= 0.6 is 0 Å². The molecule has 2 fully saturated rings. The summed E-state index contributed by atoms with van der Waals surface area (Å²) in [5.74, 6) is 0.0199. The Balaban J connectivity index is 1.80. The molecule has 2 aliphatic heterocycles. The fourth-order valence-corrected chi connectivity index (χ4v) is 2.74. The maximum Gasteiger partial charge on any atom is 0.218 e. The molecule has 2 saturated heterocycles. The number of ketones is 1. The summed E-state index contributed by atoms with van der Waals surface area (Å²) in [4.78, 5) is 16.2. The Kier molecular flexibility index (Phi) is 2.06. The maximum absolute atomic E-state index is 11.8. The highest BCUT2D eigenvalue weighted by Crippen LogP contribution is 2.34. The molecule has 92 valence electrons. The molecule has 1 aromatic carbocycles. The van der Waals surface area contributed by atoms with E-state index in [1.165, 1.54) is 0 Å². The summed E-state index contributed by atoms with van der Waals surface area (Å²) >= 11 is 0. The molecule has 0 amide bonds. The number of hydrogen-bond donors (Lipinski definition) is 0. The quantitative estimate of drug-likeness (QED) is 0.758. The molecule has 2 bridgehead atoms. The zero-order chi connectivity index (χ0) is 12.1. The Morgan fingerprint density at radius 2 is 2.22 bits per heavy atom. The highest BCUT2D eigenvalue weighted by molar-refractivity contribution is 5.84. The summed E-state index contributed by atoms with van der Waals surface area (Å²) in [5.41, 5.74) is 1.97. The van der Waals surface area contributed by atoms with Crippen molar-refractivity contribution in [2.24, 2.45) is 0 Å². The van der Waals surface area contributed by atoms with E-state index < -0.39 is 6.29 Å². The summed E-state index contributed by atoms with van der Waals surface area (Å²) in [6.07, 6.45) is 1.55. The number of fused-ring (bicyclic) bond motifs is 3. The van der Waals surface area contributed by atoms with Gasteiger partial charge in [-0.25, -0.2) is 4.98 Å². The van der Waals surface area contributed by atoms with Gasteiger partial charge >= 0.3 is 0 Å². The van der Waals surface area contributed by atoms with Gasteiger partial charge in [-0.2, -0.15) is 0 Å². The first-order valence-corrected chi connectivity index (χ1v) is 6.04. The lowest BCUT2D eigenvalue weighted by atomic mass is 10.0. The minimum Gasteiger partial charge on any atom is -0.343 e. The molecular weight excluding hydrogens is 232 g/mol. The van der Waals surface area contributed by atoms with Crippen molar-refractivity contribution in [1.29, 1.82) is 0 Å². The van der Waals surface area contributed by atoms with Crippen LogP contribution < -0.4 is 0 Å². The molecule has 18 heavy (non-hydrogen) atoms. The van der Waals surface area contributed by atoms with Gasteiger partial charge in [0.05, 0.1) is 30.0 Å². The van der Waals surface area contributed by atoms with Crippen LogP contribution in [-0.4, -0.2) is 34.3 Å². The van der Waals surface area contributed by atoms with Crippen LogP contribution in [0.3, 0.4) is 0 Å². The summed E-state index contributed by atoms with van der Waals surface area (Å²) in [7, 11) is 0. The molecule has 0 aliphatic carbocycles. The van der Waals surface area contributed by atoms with E-state index in [1.807, 2.05) is 28.8 Å². The molecular formula is C13H12N2O3. The Labute approximate surface area is 103 Å². The minimum atomic E-state index is -0.638. The van der Waals surface area contributed by atoms with Crippen LogP contribution in [0.4, 0.5) is 0 Å². The largest absolute Gasteiger partial charge is 0.343 e. The first-order chi connectivity index (χ1) is 8.83. The number of para-hydroxylation sites is 2. The van der Waals surface area contributed by atoms with Gasteiger partial charge in [-0.3, -0.25) is 4.79 Å². The molecule has 5 nitrogen and oxygen atoms in total. The second-order valence-electron chi connectivity index (χ2n) is 4.72. The number of imidazole rings is 1. The number of ether oxygens (including phenoxy) is 2. The first-order valence-electron chi connectivity index (χ1n) is 6.04. The van der Waals surface area contributed by atoms with Crippen LogP contribution in [-0.2, 0) is 14.3 Å². The lowest BCUT2D eigenvalue weighted by molar-refractivity contribution is -0.156. The van der Waals surface area contributed by atoms with E-state index >= 15 is 0 Å². The second-order valence-corrected chi connectivity index (χ2v) is 4.72.